The first-order chi connectivity index (χ1) is 12.4. The van der Waals surface area contributed by atoms with Crippen LogP contribution in [0.5, 0.6) is 5.75 Å². The van der Waals surface area contributed by atoms with Crippen molar-refractivity contribution in [2.24, 2.45) is 0 Å². The average Bonchev–Trinajstić information content (AvgIpc) is 2.87. The molecule has 1 aromatic carbocycles. The van der Waals surface area contributed by atoms with Crippen LogP contribution in [0.3, 0.4) is 0 Å². The zero-order chi connectivity index (χ0) is 18.7. The third-order valence-electron chi connectivity index (χ3n) is 4.55. The van der Waals surface area contributed by atoms with Gasteiger partial charge in [0.05, 0.1) is 26.9 Å². The van der Waals surface area contributed by atoms with Crippen molar-refractivity contribution < 1.29 is 23.9 Å². The fraction of sp³-hybridized carbons (Fsp3) is 0.471. The number of hydrogen-bond donors (Lipinski definition) is 2. The van der Waals surface area contributed by atoms with Gasteiger partial charge in [0.2, 0.25) is 0 Å². The maximum absolute atomic E-state index is 12.8. The molecule has 2 aliphatic heterocycles. The Morgan fingerprint density at radius 3 is 2.77 bits per heavy atom. The van der Waals surface area contributed by atoms with Gasteiger partial charge in [-0.15, -0.1) is 0 Å². The van der Waals surface area contributed by atoms with Crippen LogP contribution in [-0.4, -0.2) is 67.7 Å². The van der Waals surface area contributed by atoms with Crippen LogP contribution in [0.15, 0.2) is 24.3 Å². The number of carbonyl (C=O) groups excluding carboxylic acids is 3. The molecule has 0 spiro atoms. The van der Waals surface area contributed by atoms with E-state index in [0.29, 0.717) is 37.6 Å². The number of rotatable bonds is 5. The summed E-state index contributed by atoms with van der Waals surface area (Å²) in [6.07, 6.45) is 0. The highest BCUT2D eigenvalue weighted by Crippen LogP contribution is 2.30. The van der Waals surface area contributed by atoms with E-state index in [1.54, 1.807) is 31.2 Å². The minimum absolute atomic E-state index is 0.0935. The van der Waals surface area contributed by atoms with Crippen LogP contribution in [0.2, 0.25) is 0 Å². The zero-order valence-corrected chi connectivity index (χ0v) is 14.8. The molecule has 1 aromatic rings. The fourth-order valence-electron chi connectivity index (χ4n) is 2.99. The Hall–Kier alpha value is -2.65. The monoisotopic (exact) mass is 362 g/mol. The fourth-order valence-corrected chi connectivity index (χ4v) is 2.99. The van der Waals surface area contributed by atoms with Gasteiger partial charge in [-0.05, 0) is 24.6 Å². The SMILES string of the molecule is COc1cccc(C2(C)NC(=O)N(NC(=O)CN3CCOCC3)C2=O)c1. The van der Waals surface area contributed by atoms with Gasteiger partial charge < -0.3 is 14.8 Å². The number of methoxy groups -OCH3 is 1. The minimum Gasteiger partial charge on any atom is -0.497 e. The Balaban J connectivity index is 1.70. The highest BCUT2D eigenvalue weighted by molar-refractivity contribution is 6.08. The lowest BCUT2D eigenvalue weighted by Crippen LogP contribution is -2.51. The molecule has 1 unspecified atom stereocenters. The highest BCUT2D eigenvalue weighted by Gasteiger charge is 2.50. The van der Waals surface area contributed by atoms with Crippen LogP contribution < -0.4 is 15.5 Å². The summed E-state index contributed by atoms with van der Waals surface area (Å²) in [7, 11) is 1.52. The van der Waals surface area contributed by atoms with E-state index in [1.807, 2.05) is 4.90 Å². The Morgan fingerprint density at radius 1 is 1.35 bits per heavy atom. The minimum atomic E-state index is -1.28. The van der Waals surface area contributed by atoms with Crippen LogP contribution in [0, 0.1) is 0 Å². The number of nitrogens with one attached hydrogen (secondary N) is 2. The lowest BCUT2D eigenvalue weighted by atomic mass is 9.92. The van der Waals surface area contributed by atoms with E-state index in [1.165, 1.54) is 7.11 Å². The summed E-state index contributed by atoms with van der Waals surface area (Å²) in [5.74, 6) is -0.406. The van der Waals surface area contributed by atoms with Crippen molar-refractivity contribution in [2.45, 2.75) is 12.5 Å². The predicted molar refractivity (Wildman–Crippen MR) is 91.1 cm³/mol. The van der Waals surface area contributed by atoms with Crippen molar-refractivity contribution in [3.8, 4) is 5.75 Å². The molecule has 0 radical (unpaired) electrons. The van der Waals surface area contributed by atoms with Crippen molar-refractivity contribution in [1.29, 1.82) is 0 Å². The molecule has 9 heteroatoms. The molecule has 140 valence electrons. The Morgan fingerprint density at radius 2 is 2.08 bits per heavy atom. The molecule has 0 bridgehead atoms. The van der Waals surface area contributed by atoms with Gasteiger partial charge in [-0.1, -0.05) is 12.1 Å². The van der Waals surface area contributed by atoms with Crippen molar-refractivity contribution in [1.82, 2.24) is 20.7 Å². The number of urea groups is 1. The third-order valence-corrected chi connectivity index (χ3v) is 4.55. The standard InChI is InChI=1S/C17H22N4O5/c1-17(12-4-3-5-13(10-12)25-2)15(23)21(16(24)18-17)19-14(22)11-20-6-8-26-9-7-20/h3-5,10H,6-9,11H2,1-2H3,(H,18,24)(H,19,22). The van der Waals surface area contributed by atoms with E-state index in [4.69, 9.17) is 9.47 Å². The number of imide groups is 1. The second kappa shape index (κ2) is 7.30. The molecule has 0 aliphatic carbocycles. The van der Waals surface area contributed by atoms with Crippen molar-refractivity contribution in [3.63, 3.8) is 0 Å². The molecule has 1 atom stereocenters. The summed E-state index contributed by atoms with van der Waals surface area (Å²) in [6.45, 7) is 4.07. The number of hydrogen-bond acceptors (Lipinski definition) is 6. The first-order valence-corrected chi connectivity index (χ1v) is 8.35. The smallest absolute Gasteiger partial charge is 0.344 e. The molecule has 2 fully saturated rings. The van der Waals surface area contributed by atoms with Gasteiger partial charge in [0, 0.05) is 13.1 Å². The van der Waals surface area contributed by atoms with Crippen molar-refractivity contribution >= 4 is 17.8 Å². The van der Waals surface area contributed by atoms with Crippen LogP contribution in [-0.2, 0) is 19.9 Å². The molecule has 2 saturated heterocycles. The quantitative estimate of drug-likeness (QED) is 0.705. The van der Waals surface area contributed by atoms with E-state index in [2.05, 4.69) is 10.7 Å². The summed E-state index contributed by atoms with van der Waals surface area (Å²) >= 11 is 0. The van der Waals surface area contributed by atoms with Gasteiger partial charge in [0.1, 0.15) is 11.3 Å². The number of carbonyl (C=O) groups is 3. The normalized spacial score (nSPS) is 23.7. The maximum atomic E-state index is 12.8. The largest absolute Gasteiger partial charge is 0.497 e. The topological polar surface area (TPSA) is 100 Å². The molecular formula is C17H22N4O5. The summed E-state index contributed by atoms with van der Waals surface area (Å²) < 4.78 is 10.4. The number of ether oxygens (including phenoxy) is 2. The Labute approximate surface area is 151 Å². The van der Waals surface area contributed by atoms with Crippen LogP contribution in [0.4, 0.5) is 4.79 Å². The van der Waals surface area contributed by atoms with E-state index in [-0.39, 0.29) is 6.54 Å². The second-order valence-corrected chi connectivity index (χ2v) is 6.35. The van der Waals surface area contributed by atoms with Gasteiger partial charge >= 0.3 is 6.03 Å². The molecule has 3 rings (SSSR count). The zero-order valence-electron chi connectivity index (χ0n) is 14.8. The number of morpholine rings is 1. The van der Waals surface area contributed by atoms with E-state index in [0.717, 1.165) is 5.01 Å². The molecule has 4 amide bonds. The molecule has 26 heavy (non-hydrogen) atoms. The average molecular weight is 362 g/mol. The molecular weight excluding hydrogens is 340 g/mol. The van der Waals surface area contributed by atoms with E-state index in [9.17, 15) is 14.4 Å². The Kier molecular flexibility index (Phi) is 5.10. The van der Waals surface area contributed by atoms with Gasteiger partial charge in [-0.25, -0.2) is 4.79 Å². The van der Waals surface area contributed by atoms with Crippen LogP contribution >= 0.6 is 0 Å². The summed E-state index contributed by atoms with van der Waals surface area (Å²) in [5, 5.41) is 3.38. The van der Waals surface area contributed by atoms with Gasteiger partial charge in [-0.2, -0.15) is 5.01 Å². The molecule has 0 saturated carbocycles. The number of amides is 4. The highest BCUT2D eigenvalue weighted by atomic mass is 16.5. The summed E-state index contributed by atoms with van der Waals surface area (Å²) in [6, 6.07) is 6.21. The van der Waals surface area contributed by atoms with Gasteiger partial charge in [0.15, 0.2) is 0 Å². The van der Waals surface area contributed by atoms with E-state index >= 15 is 0 Å². The first-order valence-electron chi connectivity index (χ1n) is 8.35. The van der Waals surface area contributed by atoms with Crippen LogP contribution in [0.1, 0.15) is 12.5 Å². The third kappa shape index (κ3) is 3.49. The lowest BCUT2D eigenvalue weighted by Gasteiger charge is -2.26. The first kappa shape index (κ1) is 18.2. The maximum Gasteiger partial charge on any atom is 0.344 e. The molecule has 2 heterocycles. The number of nitrogens with zero attached hydrogens (tertiary/aromatic N) is 2. The molecule has 0 aromatic heterocycles. The summed E-state index contributed by atoms with van der Waals surface area (Å²) in [5.41, 5.74) is 1.69. The summed E-state index contributed by atoms with van der Waals surface area (Å²) in [4.78, 5) is 39.2. The van der Waals surface area contributed by atoms with Crippen molar-refractivity contribution in [3.05, 3.63) is 29.8 Å². The number of hydrazine groups is 1. The molecule has 9 nitrogen and oxygen atoms in total. The Bertz CT molecular complexity index is 719. The predicted octanol–water partition coefficient (Wildman–Crippen LogP) is -0.174. The molecule has 2 N–H and O–H groups in total. The second-order valence-electron chi connectivity index (χ2n) is 6.35. The van der Waals surface area contributed by atoms with E-state index < -0.39 is 23.4 Å². The number of benzene rings is 1. The van der Waals surface area contributed by atoms with Crippen molar-refractivity contribution in [2.75, 3.05) is 40.0 Å². The van der Waals surface area contributed by atoms with Crippen LogP contribution in [0.25, 0.3) is 0 Å². The lowest BCUT2D eigenvalue weighted by molar-refractivity contribution is -0.139. The van der Waals surface area contributed by atoms with Gasteiger partial charge in [-0.3, -0.25) is 19.9 Å². The van der Waals surface area contributed by atoms with Gasteiger partial charge in [0.25, 0.3) is 11.8 Å². The molecule has 2 aliphatic rings.